The lowest BCUT2D eigenvalue weighted by Gasteiger charge is -2.17. The second-order valence-corrected chi connectivity index (χ2v) is 2.78. The van der Waals surface area contributed by atoms with Crippen molar-refractivity contribution in [1.82, 2.24) is 0 Å². The van der Waals surface area contributed by atoms with Gasteiger partial charge in [-0.3, -0.25) is 0 Å². The van der Waals surface area contributed by atoms with Crippen LogP contribution in [0.3, 0.4) is 0 Å². The highest BCUT2D eigenvalue weighted by molar-refractivity contribution is 5.83. The van der Waals surface area contributed by atoms with Gasteiger partial charge in [-0.25, -0.2) is 0 Å². The second-order valence-electron chi connectivity index (χ2n) is 2.78. The first-order valence-corrected chi connectivity index (χ1v) is 4.14. The third-order valence-electron chi connectivity index (χ3n) is 1.63. The van der Waals surface area contributed by atoms with Crippen LogP contribution < -0.4 is 10.6 Å². The van der Waals surface area contributed by atoms with Crippen LogP contribution >= 0.6 is 0 Å². The maximum atomic E-state index is 12.6. The molecule has 16 heavy (non-hydrogen) atoms. The van der Waals surface area contributed by atoms with Crippen molar-refractivity contribution in [2.24, 2.45) is 10.9 Å². The largest absolute Gasteiger partial charge is 0.461 e. The van der Waals surface area contributed by atoms with Crippen LogP contribution in [0.4, 0.5) is 17.6 Å². The number of benzene rings is 1. The number of para-hydroxylation sites is 1. The average Bonchev–Trinajstić information content (AvgIpc) is 2.20. The van der Waals surface area contributed by atoms with Crippen molar-refractivity contribution < 1.29 is 22.3 Å². The number of rotatable bonds is 4. The summed E-state index contributed by atoms with van der Waals surface area (Å²) >= 11 is 0. The lowest BCUT2D eigenvalue weighted by atomic mass is 10.2. The molecule has 1 aromatic rings. The summed E-state index contributed by atoms with van der Waals surface area (Å²) in [5.41, 5.74) is 0.0883. The molecule has 0 aliphatic heterocycles. The molecular weight excluding hydrogens is 228 g/mol. The third kappa shape index (κ3) is 2.85. The van der Waals surface area contributed by atoms with Gasteiger partial charge in [0.2, 0.25) is 0 Å². The number of halogens is 4. The molecule has 0 aromatic heterocycles. The van der Waals surface area contributed by atoms with Gasteiger partial charge in [-0.2, -0.15) is 22.7 Å². The summed E-state index contributed by atoms with van der Waals surface area (Å²) in [6, 6.07) is 5.34. The minimum Gasteiger partial charge on any atom is -0.428 e. The first-order chi connectivity index (χ1) is 7.47. The summed E-state index contributed by atoms with van der Waals surface area (Å²) in [6.45, 7) is 0. The summed E-state index contributed by atoms with van der Waals surface area (Å²) in [5.74, 6) is 4.42. The molecule has 0 spiro atoms. The van der Waals surface area contributed by atoms with Gasteiger partial charge in [-0.1, -0.05) is 12.1 Å². The molecule has 0 atom stereocenters. The Balaban J connectivity index is 2.97. The highest BCUT2D eigenvalue weighted by Crippen LogP contribution is 2.28. The van der Waals surface area contributed by atoms with Crippen molar-refractivity contribution in [3.05, 3.63) is 29.8 Å². The Morgan fingerprint density at radius 2 is 1.94 bits per heavy atom. The summed E-state index contributed by atoms with van der Waals surface area (Å²) in [4.78, 5) is 0. The first kappa shape index (κ1) is 12.3. The SMILES string of the molecule is NN=Cc1ccccc1OC(F)(F)C(F)F. The number of hydrogen-bond donors (Lipinski definition) is 1. The summed E-state index contributed by atoms with van der Waals surface area (Å²) < 4.78 is 52.9. The minimum atomic E-state index is -4.54. The molecule has 0 saturated heterocycles. The number of nitrogens with two attached hydrogens (primary N) is 1. The van der Waals surface area contributed by atoms with E-state index in [1.807, 2.05) is 0 Å². The van der Waals surface area contributed by atoms with Crippen LogP contribution in [-0.2, 0) is 0 Å². The van der Waals surface area contributed by atoms with Gasteiger partial charge in [0.15, 0.2) is 0 Å². The van der Waals surface area contributed by atoms with E-state index >= 15 is 0 Å². The van der Waals surface area contributed by atoms with E-state index in [2.05, 4.69) is 9.84 Å². The Morgan fingerprint density at radius 3 is 2.50 bits per heavy atom. The van der Waals surface area contributed by atoms with Crippen molar-refractivity contribution in [2.75, 3.05) is 0 Å². The predicted molar refractivity (Wildman–Crippen MR) is 49.8 cm³/mol. The molecule has 3 nitrogen and oxygen atoms in total. The fourth-order valence-electron chi connectivity index (χ4n) is 0.952. The Labute approximate surface area is 88.5 Å². The van der Waals surface area contributed by atoms with E-state index in [9.17, 15) is 17.6 Å². The van der Waals surface area contributed by atoms with Crippen molar-refractivity contribution >= 4 is 6.21 Å². The Bertz CT molecular complexity index is 382. The van der Waals surface area contributed by atoms with Gasteiger partial charge in [-0.05, 0) is 12.1 Å². The molecule has 0 aliphatic rings. The quantitative estimate of drug-likeness (QED) is 0.377. The highest BCUT2D eigenvalue weighted by Gasteiger charge is 2.44. The Hall–Kier alpha value is -1.79. The van der Waals surface area contributed by atoms with E-state index in [1.165, 1.54) is 18.2 Å². The third-order valence-corrected chi connectivity index (χ3v) is 1.63. The molecule has 2 N–H and O–H groups in total. The van der Waals surface area contributed by atoms with Crippen LogP contribution in [0, 0.1) is 0 Å². The molecule has 88 valence electrons. The fourth-order valence-corrected chi connectivity index (χ4v) is 0.952. The Morgan fingerprint density at radius 1 is 1.31 bits per heavy atom. The van der Waals surface area contributed by atoms with Crippen LogP contribution in [0.2, 0.25) is 0 Å². The molecule has 0 fully saturated rings. The summed E-state index contributed by atoms with van der Waals surface area (Å²) in [6.07, 6.45) is -7.43. The number of alkyl halides is 4. The lowest BCUT2D eigenvalue weighted by Crippen LogP contribution is -2.33. The van der Waals surface area contributed by atoms with Gasteiger partial charge in [0.1, 0.15) is 5.75 Å². The van der Waals surface area contributed by atoms with Crippen LogP contribution in [0.1, 0.15) is 5.56 Å². The van der Waals surface area contributed by atoms with E-state index in [-0.39, 0.29) is 5.56 Å². The molecule has 0 radical (unpaired) electrons. The zero-order valence-electron chi connectivity index (χ0n) is 7.91. The van der Waals surface area contributed by atoms with Gasteiger partial charge in [0.25, 0.3) is 0 Å². The molecule has 7 heteroatoms. The molecule has 0 amide bonds. The molecule has 1 aromatic carbocycles. The number of ether oxygens (including phenoxy) is 1. The molecule has 0 saturated carbocycles. The van der Waals surface area contributed by atoms with E-state index in [4.69, 9.17) is 5.84 Å². The zero-order valence-corrected chi connectivity index (χ0v) is 7.91. The summed E-state index contributed by atoms with van der Waals surface area (Å²) in [5, 5.41) is 3.10. The predicted octanol–water partition coefficient (Wildman–Crippen LogP) is 2.22. The van der Waals surface area contributed by atoms with Crippen molar-refractivity contribution in [3.8, 4) is 5.75 Å². The fraction of sp³-hybridized carbons (Fsp3) is 0.222. The maximum Gasteiger partial charge on any atom is 0.461 e. The monoisotopic (exact) mass is 236 g/mol. The highest BCUT2D eigenvalue weighted by atomic mass is 19.3. The van der Waals surface area contributed by atoms with E-state index in [1.54, 1.807) is 0 Å². The molecule has 0 heterocycles. The Kier molecular flexibility index (Phi) is 3.70. The van der Waals surface area contributed by atoms with Crippen LogP contribution in [-0.4, -0.2) is 18.7 Å². The van der Waals surface area contributed by atoms with Crippen molar-refractivity contribution in [3.63, 3.8) is 0 Å². The van der Waals surface area contributed by atoms with Gasteiger partial charge in [0, 0.05) is 5.56 Å². The lowest BCUT2D eigenvalue weighted by molar-refractivity contribution is -0.253. The number of nitrogens with zero attached hydrogens (tertiary/aromatic N) is 1. The summed E-state index contributed by atoms with van der Waals surface area (Å²) in [7, 11) is 0. The second kappa shape index (κ2) is 4.82. The van der Waals surface area contributed by atoms with Crippen molar-refractivity contribution in [1.29, 1.82) is 0 Å². The topological polar surface area (TPSA) is 47.6 Å². The van der Waals surface area contributed by atoms with Crippen LogP contribution in [0.5, 0.6) is 5.75 Å². The molecule has 0 unspecified atom stereocenters. The van der Waals surface area contributed by atoms with E-state index in [0.717, 1.165) is 12.3 Å². The van der Waals surface area contributed by atoms with E-state index in [0.29, 0.717) is 0 Å². The van der Waals surface area contributed by atoms with E-state index < -0.39 is 18.3 Å². The number of hydrogen-bond acceptors (Lipinski definition) is 3. The zero-order chi connectivity index (χ0) is 12.2. The first-order valence-electron chi connectivity index (χ1n) is 4.14. The van der Waals surface area contributed by atoms with Gasteiger partial charge < -0.3 is 10.6 Å². The van der Waals surface area contributed by atoms with Gasteiger partial charge >= 0.3 is 12.5 Å². The molecule has 0 aliphatic carbocycles. The van der Waals surface area contributed by atoms with Crippen molar-refractivity contribution in [2.45, 2.75) is 12.5 Å². The average molecular weight is 236 g/mol. The molecular formula is C9H8F4N2O. The smallest absolute Gasteiger partial charge is 0.428 e. The van der Waals surface area contributed by atoms with Crippen LogP contribution in [0.25, 0.3) is 0 Å². The molecule has 1 rings (SSSR count). The molecule has 0 bridgehead atoms. The van der Waals surface area contributed by atoms with Gasteiger partial charge in [0.05, 0.1) is 6.21 Å². The normalized spacial score (nSPS) is 12.3. The van der Waals surface area contributed by atoms with Gasteiger partial charge in [-0.15, -0.1) is 0 Å². The maximum absolute atomic E-state index is 12.6. The standard InChI is InChI=1S/C9H8F4N2O/c10-8(11)9(12,13)16-7-4-2-1-3-6(7)5-15-14/h1-5,8H,14H2. The number of hydrazone groups is 1. The van der Waals surface area contributed by atoms with Crippen LogP contribution in [0.15, 0.2) is 29.4 Å². The minimum absolute atomic E-state index is 0.0883.